The molecule has 0 aromatic heterocycles. The minimum Gasteiger partial charge on any atom is -0.488 e. The smallest absolute Gasteiger partial charge is 0.189 e. The lowest BCUT2D eigenvalue weighted by atomic mass is 9.73. The van der Waals surface area contributed by atoms with Crippen LogP contribution in [0.1, 0.15) is 90.7 Å². The summed E-state index contributed by atoms with van der Waals surface area (Å²) < 4.78 is 11.8. The third-order valence-corrected chi connectivity index (χ3v) is 8.28. The number of benzene rings is 1. The van der Waals surface area contributed by atoms with Crippen LogP contribution in [0, 0.1) is 23.2 Å². The van der Waals surface area contributed by atoms with Gasteiger partial charge in [-0.3, -0.25) is 0 Å². The van der Waals surface area contributed by atoms with Crippen molar-refractivity contribution in [1.82, 2.24) is 0 Å². The molecule has 2 unspecified atom stereocenters. The first-order valence-electron chi connectivity index (χ1n) is 13.5. The van der Waals surface area contributed by atoms with Crippen molar-refractivity contribution in [3.8, 4) is 5.75 Å². The first-order chi connectivity index (χ1) is 16.1. The quantitative estimate of drug-likeness (QED) is 0.283. The van der Waals surface area contributed by atoms with E-state index in [4.69, 9.17) is 9.47 Å². The van der Waals surface area contributed by atoms with Gasteiger partial charge >= 0.3 is 0 Å². The molecule has 5 nitrogen and oxygen atoms in total. The number of unbranched alkanes of at least 4 members (excludes halogenated alkanes) is 2. The second-order valence-corrected chi connectivity index (χ2v) is 11.8. The van der Waals surface area contributed by atoms with Gasteiger partial charge in [0.25, 0.3) is 0 Å². The van der Waals surface area contributed by atoms with Crippen molar-refractivity contribution in [1.29, 1.82) is 0 Å². The fourth-order valence-corrected chi connectivity index (χ4v) is 5.74. The lowest BCUT2D eigenvalue weighted by Crippen LogP contribution is -2.33. The third kappa shape index (κ3) is 7.19. The number of rotatable bonds is 12. The number of ether oxygens (including phenoxy) is 2. The summed E-state index contributed by atoms with van der Waals surface area (Å²) in [6, 6.07) is 6.18. The van der Waals surface area contributed by atoms with E-state index < -0.39 is 6.29 Å². The number of aliphatic hydroxyl groups is 3. The zero-order valence-corrected chi connectivity index (χ0v) is 22.0. The van der Waals surface area contributed by atoms with Crippen molar-refractivity contribution in [2.45, 2.75) is 117 Å². The topological polar surface area (TPSA) is 79.2 Å². The third-order valence-electron chi connectivity index (χ3n) is 8.28. The van der Waals surface area contributed by atoms with Crippen LogP contribution in [0.5, 0.6) is 5.75 Å². The molecule has 2 aliphatic carbocycles. The predicted octanol–water partition coefficient (Wildman–Crippen LogP) is 5.27. The van der Waals surface area contributed by atoms with Crippen LogP contribution >= 0.6 is 0 Å². The summed E-state index contributed by atoms with van der Waals surface area (Å²) in [5.74, 6) is 1.99. The standard InChI is InChI=1S/C29H48O5/c1-6-7-8-11-22(30)13-14-23-24-15-20-10-9-12-27(25(20)16-21(24)17-26(23)31)33-18-28(32)34-19(2)29(3,4)5/h9-10,12,19,21-24,26,28,30-32H,6-8,11,13-18H2,1-5H3/t19?,21-,22+,23+,24-,26+,28?/m0/s1. The molecular weight excluding hydrogens is 428 g/mol. The van der Waals surface area contributed by atoms with E-state index in [2.05, 4.69) is 33.8 Å². The Balaban J connectivity index is 1.58. The summed E-state index contributed by atoms with van der Waals surface area (Å²) in [5.41, 5.74) is 2.46. The summed E-state index contributed by atoms with van der Waals surface area (Å²) in [5, 5.41) is 31.6. The Morgan fingerprint density at radius 2 is 1.85 bits per heavy atom. The highest BCUT2D eigenvalue weighted by Crippen LogP contribution is 2.48. The highest BCUT2D eigenvalue weighted by molar-refractivity contribution is 5.43. The minimum absolute atomic E-state index is 0.0483. The lowest BCUT2D eigenvalue weighted by molar-refractivity contribution is -0.170. The van der Waals surface area contributed by atoms with Crippen molar-refractivity contribution in [2.75, 3.05) is 6.61 Å². The fraction of sp³-hybridized carbons (Fsp3) is 0.793. The molecule has 5 heteroatoms. The molecule has 1 aromatic rings. The molecule has 1 saturated carbocycles. The average Bonchev–Trinajstić information content (AvgIpc) is 3.08. The Morgan fingerprint density at radius 3 is 2.56 bits per heavy atom. The van der Waals surface area contributed by atoms with E-state index in [9.17, 15) is 15.3 Å². The lowest BCUT2D eigenvalue weighted by Gasteiger charge is -2.33. The Morgan fingerprint density at radius 1 is 1.09 bits per heavy atom. The van der Waals surface area contributed by atoms with E-state index >= 15 is 0 Å². The summed E-state index contributed by atoms with van der Waals surface area (Å²) in [6.45, 7) is 10.5. The number of hydrogen-bond donors (Lipinski definition) is 3. The van der Waals surface area contributed by atoms with Gasteiger partial charge in [-0.15, -0.1) is 0 Å². The molecule has 0 aliphatic heterocycles. The molecular formula is C29H48O5. The van der Waals surface area contributed by atoms with Crippen LogP contribution in [-0.4, -0.2) is 46.5 Å². The molecule has 34 heavy (non-hydrogen) atoms. The summed E-state index contributed by atoms with van der Waals surface area (Å²) >= 11 is 0. The molecule has 1 fully saturated rings. The van der Waals surface area contributed by atoms with E-state index in [0.29, 0.717) is 11.8 Å². The Hall–Kier alpha value is -1.14. The van der Waals surface area contributed by atoms with Crippen molar-refractivity contribution in [3.05, 3.63) is 29.3 Å². The zero-order valence-electron chi connectivity index (χ0n) is 22.0. The van der Waals surface area contributed by atoms with Gasteiger partial charge in [-0.05, 0) is 85.8 Å². The van der Waals surface area contributed by atoms with Crippen LogP contribution in [0.2, 0.25) is 0 Å². The maximum Gasteiger partial charge on any atom is 0.189 e. The van der Waals surface area contributed by atoms with Gasteiger partial charge < -0.3 is 24.8 Å². The maximum atomic E-state index is 10.9. The van der Waals surface area contributed by atoms with Crippen LogP contribution in [0.4, 0.5) is 0 Å². The van der Waals surface area contributed by atoms with Crippen molar-refractivity contribution in [3.63, 3.8) is 0 Å². The highest BCUT2D eigenvalue weighted by Gasteiger charge is 2.44. The van der Waals surface area contributed by atoms with Gasteiger partial charge in [0.2, 0.25) is 0 Å². The molecule has 3 N–H and O–H groups in total. The van der Waals surface area contributed by atoms with Crippen molar-refractivity contribution >= 4 is 0 Å². The first-order valence-corrected chi connectivity index (χ1v) is 13.5. The number of fused-ring (bicyclic) bond motifs is 2. The van der Waals surface area contributed by atoms with Crippen LogP contribution in [-0.2, 0) is 17.6 Å². The molecule has 194 valence electrons. The van der Waals surface area contributed by atoms with Gasteiger partial charge in [0.15, 0.2) is 6.29 Å². The summed E-state index contributed by atoms with van der Waals surface area (Å²) in [7, 11) is 0. The second-order valence-electron chi connectivity index (χ2n) is 11.8. The van der Waals surface area contributed by atoms with E-state index in [0.717, 1.165) is 50.7 Å². The number of aliphatic hydroxyl groups excluding tert-OH is 3. The van der Waals surface area contributed by atoms with Crippen LogP contribution in [0.15, 0.2) is 18.2 Å². The van der Waals surface area contributed by atoms with E-state index in [1.54, 1.807) is 0 Å². The van der Waals surface area contributed by atoms with Crippen molar-refractivity contribution in [2.24, 2.45) is 23.2 Å². The van der Waals surface area contributed by atoms with Crippen LogP contribution in [0.3, 0.4) is 0 Å². The molecule has 2 aliphatic rings. The van der Waals surface area contributed by atoms with Gasteiger partial charge in [0, 0.05) is 0 Å². The van der Waals surface area contributed by atoms with E-state index in [-0.39, 0.29) is 36.3 Å². The maximum absolute atomic E-state index is 10.9. The van der Waals surface area contributed by atoms with Gasteiger partial charge in [-0.1, -0.05) is 59.1 Å². The van der Waals surface area contributed by atoms with Crippen molar-refractivity contribution < 1.29 is 24.8 Å². The highest BCUT2D eigenvalue weighted by atomic mass is 16.6. The largest absolute Gasteiger partial charge is 0.488 e. The monoisotopic (exact) mass is 476 g/mol. The molecule has 3 rings (SSSR count). The Labute approximate surface area is 206 Å². The molecule has 0 amide bonds. The first kappa shape index (κ1) is 27.4. The summed E-state index contributed by atoms with van der Waals surface area (Å²) in [4.78, 5) is 0. The van der Waals surface area contributed by atoms with Gasteiger partial charge in [0.1, 0.15) is 12.4 Å². The molecule has 7 atom stereocenters. The van der Waals surface area contributed by atoms with Crippen LogP contribution in [0.25, 0.3) is 0 Å². The molecule has 0 spiro atoms. The normalized spacial score (nSPS) is 27.1. The predicted molar refractivity (Wildman–Crippen MR) is 136 cm³/mol. The average molecular weight is 477 g/mol. The Kier molecular flexibility index (Phi) is 9.85. The molecule has 0 saturated heterocycles. The minimum atomic E-state index is -0.970. The zero-order chi connectivity index (χ0) is 24.9. The second kappa shape index (κ2) is 12.2. The molecule has 0 heterocycles. The molecule has 0 radical (unpaired) electrons. The molecule has 1 aromatic carbocycles. The van der Waals surface area contributed by atoms with E-state index in [1.807, 2.05) is 19.1 Å². The molecule has 0 bridgehead atoms. The van der Waals surface area contributed by atoms with E-state index in [1.165, 1.54) is 24.0 Å². The van der Waals surface area contributed by atoms with Gasteiger partial charge in [0.05, 0.1) is 18.3 Å². The Bertz CT molecular complexity index is 757. The van der Waals surface area contributed by atoms with Gasteiger partial charge in [-0.2, -0.15) is 0 Å². The SMILES string of the molecule is CCCCC[C@@H](O)CC[C@@H]1[C@H]2Cc3cccc(OCC(O)OC(C)C(C)(C)C)c3C[C@H]2C[C@H]1O. The fourth-order valence-electron chi connectivity index (χ4n) is 5.74. The van der Waals surface area contributed by atoms with Gasteiger partial charge in [-0.25, -0.2) is 0 Å². The summed E-state index contributed by atoms with van der Waals surface area (Å²) in [6.07, 6.45) is 7.08. The van der Waals surface area contributed by atoms with Crippen LogP contribution < -0.4 is 4.74 Å². The number of hydrogen-bond acceptors (Lipinski definition) is 5.